The molecule has 0 saturated carbocycles. The molecule has 23 heavy (non-hydrogen) atoms. The zero-order valence-corrected chi connectivity index (χ0v) is 14.8. The highest BCUT2D eigenvalue weighted by atomic mass is 79.9. The van der Waals surface area contributed by atoms with Crippen LogP contribution in [0.1, 0.15) is 24.3 Å². The number of nitrogens with zero attached hydrogens (tertiary/aromatic N) is 2. The van der Waals surface area contributed by atoms with Crippen LogP contribution < -0.4 is 0 Å². The van der Waals surface area contributed by atoms with Crippen molar-refractivity contribution in [2.24, 2.45) is 4.99 Å². The molecule has 4 nitrogen and oxygen atoms in total. The monoisotopic (exact) mass is 382 g/mol. The number of carbonyl (C=O) groups excluding carboxylic acids is 1. The molecule has 0 bridgehead atoms. The number of aliphatic imine (C=N–C) groups is 1. The van der Waals surface area contributed by atoms with Gasteiger partial charge in [-0.1, -0.05) is 22.0 Å². The van der Waals surface area contributed by atoms with Crippen molar-refractivity contribution in [3.05, 3.63) is 45.4 Å². The molecule has 0 fully saturated rings. The number of hydrogen-bond acceptors (Lipinski definition) is 4. The summed E-state index contributed by atoms with van der Waals surface area (Å²) < 4.78 is 13.8. The van der Waals surface area contributed by atoms with Gasteiger partial charge in [-0.2, -0.15) is 0 Å². The minimum atomic E-state index is -0.337. The largest absolute Gasteiger partial charge is 0.511 e. The Hall–Kier alpha value is -1.53. The third kappa shape index (κ3) is 4.72. The Kier molecular flexibility index (Phi) is 6.07. The highest BCUT2D eigenvalue weighted by molar-refractivity contribution is 9.10. The number of allylic oxidation sites excluding steroid dienone is 2. The predicted molar refractivity (Wildman–Crippen MR) is 92.6 cm³/mol. The molecule has 0 aromatic heterocycles. The number of carbonyl (C=O) groups is 1. The Morgan fingerprint density at radius 3 is 2.78 bits per heavy atom. The summed E-state index contributed by atoms with van der Waals surface area (Å²) in [6.45, 7) is 1.36. The van der Waals surface area contributed by atoms with Crippen LogP contribution >= 0.6 is 15.9 Å². The summed E-state index contributed by atoms with van der Waals surface area (Å²) >= 11 is 3.32. The lowest BCUT2D eigenvalue weighted by atomic mass is 9.83. The molecule has 6 heteroatoms. The topological polar surface area (TPSA) is 52.9 Å². The van der Waals surface area contributed by atoms with Crippen LogP contribution in [-0.2, 0) is 4.79 Å². The summed E-state index contributed by atoms with van der Waals surface area (Å²) in [5, 5.41) is 10.2. The Balaban J connectivity index is 2.13. The molecule has 124 valence electrons. The SMILES string of the molecule is CN(C)CCN=CC1=C(O)CC(c2ccc(F)cc2Br)CC1=O. The van der Waals surface area contributed by atoms with E-state index in [1.165, 1.54) is 18.3 Å². The number of likely N-dealkylation sites (N-methyl/N-ethyl adjacent to an activating group) is 1. The van der Waals surface area contributed by atoms with Crippen molar-refractivity contribution in [1.29, 1.82) is 0 Å². The van der Waals surface area contributed by atoms with Gasteiger partial charge in [-0.3, -0.25) is 9.79 Å². The van der Waals surface area contributed by atoms with Gasteiger partial charge in [-0.05, 0) is 37.7 Å². The molecule has 1 atom stereocenters. The van der Waals surface area contributed by atoms with Gasteiger partial charge < -0.3 is 10.0 Å². The van der Waals surface area contributed by atoms with Crippen molar-refractivity contribution >= 4 is 27.9 Å². The molecular formula is C17H20BrFN2O2. The third-order valence-corrected chi connectivity index (χ3v) is 4.47. The molecule has 0 heterocycles. The molecule has 1 aromatic rings. The average Bonchev–Trinajstić information content (AvgIpc) is 2.45. The van der Waals surface area contributed by atoms with Crippen LogP contribution in [0.3, 0.4) is 0 Å². The maximum absolute atomic E-state index is 13.2. The standard InChI is InChI=1S/C17H20BrFN2O2/c1-21(2)6-5-20-10-14-16(22)7-11(8-17(14)23)13-4-3-12(19)9-15(13)18/h3-4,9-11,22H,5-8H2,1-2H3. The van der Waals surface area contributed by atoms with Gasteiger partial charge >= 0.3 is 0 Å². The molecule has 0 amide bonds. The minimum absolute atomic E-state index is 0.0519. The van der Waals surface area contributed by atoms with Gasteiger partial charge in [0.25, 0.3) is 0 Å². The molecule has 1 aliphatic carbocycles. The first-order valence-corrected chi connectivity index (χ1v) is 8.22. The number of ketones is 1. The van der Waals surface area contributed by atoms with Crippen LogP contribution in [0.5, 0.6) is 0 Å². The normalized spacial score (nSPS) is 19.2. The maximum atomic E-state index is 13.2. The Bertz CT molecular complexity index is 656. The van der Waals surface area contributed by atoms with Gasteiger partial charge in [0.05, 0.1) is 12.1 Å². The molecule has 1 aliphatic rings. The number of rotatable bonds is 5. The smallest absolute Gasteiger partial charge is 0.168 e. The van der Waals surface area contributed by atoms with Gasteiger partial charge in [0.1, 0.15) is 11.6 Å². The summed E-state index contributed by atoms with van der Waals surface area (Å²) in [6, 6.07) is 4.39. The number of hydrogen-bond donors (Lipinski definition) is 1. The lowest BCUT2D eigenvalue weighted by Gasteiger charge is -2.23. The van der Waals surface area contributed by atoms with Crippen molar-refractivity contribution in [2.45, 2.75) is 18.8 Å². The quantitative estimate of drug-likeness (QED) is 0.793. The van der Waals surface area contributed by atoms with E-state index in [-0.39, 0.29) is 29.7 Å². The number of benzene rings is 1. The molecule has 2 rings (SSSR count). The summed E-state index contributed by atoms with van der Waals surface area (Å²) in [6.07, 6.45) is 2.10. The average molecular weight is 383 g/mol. The number of aliphatic hydroxyl groups excluding tert-OH is 1. The van der Waals surface area contributed by atoms with Crippen molar-refractivity contribution in [3.63, 3.8) is 0 Å². The highest BCUT2D eigenvalue weighted by Crippen LogP contribution is 2.36. The van der Waals surface area contributed by atoms with E-state index in [1.807, 2.05) is 19.0 Å². The summed E-state index contributed by atoms with van der Waals surface area (Å²) in [7, 11) is 3.90. The summed E-state index contributed by atoms with van der Waals surface area (Å²) in [5.41, 5.74) is 1.12. The van der Waals surface area contributed by atoms with Gasteiger partial charge in [-0.15, -0.1) is 0 Å². The maximum Gasteiger partial charge on any atom is 0.168 e. The van der Waals surface area contributed by atoms with E-state index in [0.29, 0.717) is 23.0 Å². The molecule has 0 radical (unpaired) electrons. The molecule has 0 aliphatic heterocycles. The van der Waals surface area contributed by atoms with Crippen molar-refractivity contribution in [3.8, 4) is 0 Å². The molecule has 0 spiro atoms. The van der Waals surface area contributed by atoms with E-state index in [0.717, 1.165) is 12.1 Å². The second-order valence-corrected chi connectivity index (χ2v) is 6.75. The molecule has 0 saturated heterocycles. The van der Waals surface area contributed by atoms with Crippen LogP contribution in [0.2, 0.25) is 0 Å². The lowest BCUT2D eigenvalue weighted by molar-refractivity contribution is -0.116. The van der Waals surface area contributed by atoms with Crippen molar-refractivity contribution in [2.75, 3.05) is 27.2 Å². The van der Waals surface area contributed by atoms with Gasteiger partial charge in [0.15, 0.2) is 5.78 Å². The van der Waals surface area contributed by atoms with Crippen molar-refractivity contribution in [1.82, 2.24) is 4.90 Å². The molecular weight excluding hydrogens is 363 g/mol. The van der Waals surface area contributed by atoms with Crippen LogP contribution in [0.4, 0.5) is 4.39 Å². The zero-order valence-electron chi connectivity index (χ0n) is 13.2. The second kappa shape index (κ2) is 7.84. The highest BCUT2D eigenvalue weighted by Gasteiger charge is 2.28. The van der Waals surface area contributed by atoms with Crippen LogP contribution in [-0.4, -0.2) is 49.2 Å². The van der Waals surface area contributed by atoms with Gasteiger partial charge in [0.2, 0.25) is 0 Å². The Morgan fingerprint density at radius 2 is 2.17 bits per heavy atom. The van der Waals surface area contributed by atoms with E-state index >= 15 is 0 Å². The first-order valence-electron chi connectivity index (χ1n) is 7.43. The molecule has 1 unspecified atom stereocenters. The first-order chi connectivity index (χ1) is 10.9. The summed E-state index contributed by atoms with van der Waals surface area (Å²) in [5.74, 6) is -0.577. The van der Waals surface area contributed by atoms with Crippen LogP contribution in [0.25, 0.3) is 0 Å². The van der Waals surface area contributed by atoms with E-state index < -0.39 is 0 Å². The number of aliphatic hydroxyl groups is 1. The van der Waals surface area contributed by atoms with E-state index in [1.54, 1.807) is 6.07 Å². The van der Waals surface area contributed by atoms with Gasteiger partial charge in [-0.25, -0.2) is 4.39 Å². The zero-order chi connectivity index (χ0) is 17.0. The fourth-order valence-corrected chi connectivity index (χ4v) is 3.20. The molecule has 1 aromatic carbocycles. The first kappa shape index (κ1) is 17.8. The van der Waals surface area contributed by atoms with E-state index in [2.05, 4.69) is 20.9 Å². The van der Waals surface area contributed by atoms with E-state index in [4.69, 9.17) is 0 Å². The van der Waals surface area contributed by atoms with E-state index in [9.17, 15) is 14.3 Å². The number of Topliss-reactive ketones (excluding diaryl/α,β-unsaturated/α-hetero) is 1. The van der Waals surface area contributed by atoms with Crippen LogP contribution in [0.15, 0.2) is 39.0 Å². The fraction of sp³-hybridized carbons (Fsp3) is 0.412. The second-order valence-electron chi connectivity index (χ2n) is 5.89. The minimum Gasteiger partial charge on any atom is -0.511 e. The number of halogens is 2. The lowest BCUT2D eigenvalue weighted by Crippen LogP contribution is -2.20. The Labute approximate surface area is 143 Å². The van der Waals surface area contributed by atoms with Gasteiger partial charge in [0, 0.05) is 30.1 Å². The fourth-order valence-electron chi connectivity index (χ4n) is 2.52. The predicted octanol–water partition coefficient (Wildman–Crippen LogP) is 3.48. The third-order valence-electron chi connectivity index (χ3n) is 3.78. The molecule has 1 N–H and O–H groups in total. The van der Waals surface area contributed by atoms with Crippen LogP contribution in [0, 0.1) is 5.82 Å². The Morgan fingerprint density at radius 1 is 1.43 bits per heavy atom. The van der Waals surface area contributed by atoms with Crippen molar-refractivity contribution < 1.29 is 14.3 Å². The summed E-state index contributed by atoms with van der Waals surface area (Å²) in [4.78, 5) is 18.5.